The molecule has 2 rings (SSSR count). The van der Waals surface area contributed by atoms with Gasteiger partial charge in [0.2, 0.25) is 5.91 Å². The second-order valence-corrected chi connectivity index (χ2v) is 5.00. The molecule has 98 valence electrons. The minimum atomic E-state index is -1.06. The van der Waals surface area contributed by atoms with Gasteiger partial charge in [-0.3, -0.25) is 4.79 Å². The molecule has 1 aromatic carbocycles. The van der Waals surface area contributed by atoms with Crippen molar-refractivity contribution in [2.24, 2.45) is 5.73 Å². The van der Waals surface area contributed by atoms with Crippen LogP contribution in [-0.4, -0.2) is 22.0 Å². The van der Waals surface area contributed by atoms with Crippen LogP contribution in [0.25, 0.3) is 0 Å². The number of primary amides is 1. The van der Waals surface area contributed by atoms with Crippen molar-refractivity contribution in [3.05, 3.63) is 40.4 Å². The summed E-state index contributed by atoms with van der Waals surface area (Å²) in [6.45, 7) is 1.69. The summed E-state index contributed by atoms with van der Waals surface area (Å²) in [7, 11) is 0. The van der Waals surface area contributed by atoms with Crippen LogP contribution in [-0.2, 0) is 0 Å². The highest BCUT2D eigenvalue weighted by molar-refractivity contribution is 7.15. The summed E-state index contributed by atoms with van der Waals surface area (Å²) in [6.07, 6.45) is 0. The van der Waals surface area contributed by atoms with Gasteiger partial charge in [-0.05, 0) is 25.1 Å². The first-order valence-corrected chi connectivity index (χ1v) is 6.16. The normalized spacial score (nSPS) is 10.2. The zero-order valence-corrected chi connectivity index (χ0v) is 10.8. The summed E-state index contributed by atoms with van der Waals surface area (Å²) in [6, 6.07) is 6.60. The van der Waals surface area contributed by atoms with Crippen LogP contribution in [0, 0.1) is 6.92 Å². The largest absolute Gasteiger partial charge is 0.476 e. The molecular formula is C12H11N3O3S. The monoisotopic (exact) mass is 277 g/mol. The maximum atomic E-state index is 11.1. The third-order valence-corrected chi connectivity index (χ3v) is 3.28. The number of hydrogen-bond acceptors (Lipinski definition) is 5. The summed E-state index contributed by atoms with van der Waals surface area (Å²) < 4.78 is 0. The van der Waals surface area contributed by atoms with Crippen molar-refractivity contribution in [1.82, 2.24) is 4.98 Å². The number of carbonyl (C=O) groups excluding carboxylic acids is 1. The number of amides is 1. The molecule has 0 unspecified atom stereocenters. The van der Waals surface area contributed by atoms with Gasteiger partial charge in [0.1, 0.15) is 0 Å². The van der Waals surface area contributed by atoms with E-state index in [1.54, 1.807) is 31.2 Å². The molecule has 0 saturated carbocycles. The first-order valence-electron chi connectivity index (χ1n) is 5.35. The molecule has 0 radical (unpaired) electrons. The van der Waals surface area contributed by atoms with Gasteiger partial charge in [-0.2, -0.15) is 0 Å². The maximum absolute atomic E-state index is 11.1. The average Bonchev–Trinajstić information content (AvgIpc) is 2.70. The highest BCUT2D eigenvalue weighted by Crippen LogP contribution is 2.25. The van der Waals surface area contributed by atoms with Crippen molar-refractivity contribution in [1.29, 1.82) is 0 Å². The van der Waals surface area contributed by atoms with E-state index >= 15 is 0 Å². The van der Waals surface area contributed by atoms with E-state index in [0.717, 1.165) is 0 Å². The molecule has 0 spiro atoms. The van der Waals surface area contributed by atoms with E-state index in [-0.39, 0.29) is 5.69 Å². The molecule has 1 heterocycles. The Bertz CT molecular complexity index is 651. The van der Waals surface area contributed by atoms with E-state index in [9.17, 15) is 9.59 Å². The Kier molecular flexibility index (Phi) is 3.48. The fourth-order valence-electron chi connectivity index (χ4n) is 1.52. The van der Waals surface area contributed by atoms with Crippen LogP contribution in [0.3, 0.4) is 0 Å². The van der Waals surface area contributed by atoms with Crippen LogP contribution < -0.4 is 11.1 Å². The highest BCUT2D eigenvalue weighted by Gasteiger charge is 2.14. The topological polar surface area (TPSA) is 105 Å². The molecule has 19 heavy (non-hydrogen) atoms. The Morgan fingerprint density at radius 2 is 2.16 bits per heavy atom. The summed E-state index contributed by atoms with van der Waals surface area (Å²) in [5, 5.41) is 12.3. The molecule has 4 N–H and O–H groups in total. The summed E-state index contributed by atoms with van der Waals surface area (Å²) in [4.78, 5) is 26.5. The molecule has 0 atom stereocenters. The van der Waals surface area contributed by atoms with Crippen LogP contribution in [0.1, 0.15) is 25.7 Å². The fourth-order valence-corrected chi connectivity index (χ4v) is 2.35. The number of hydrogen-bond donors (Lipinski definition) is 3. The van der Waals surface area contributed by atoms with Crippen LogP contribution in [0.5, 0.6) is 0 Å². The Morgan fingerprint density at radius 1 is 1.42 bits per heavy atom. The quantitative estimate of drug-likeness (QED) is 0.792. The van der Waals surface area contributed by atoms with E-state index in [1.165, 1.54) is 11.3 Å². The third-order valence-electron chi connectivity index (χ3n) is 2.40. The Labute approximate surface area is 112 Å². The Balaban J connectivity index is 2.26. The van der Waals surface area contributed by atoms with Gasteiger partial charge in [0.15, 0.2) is 10.8 Å². The number of aryl methyl sites for hydroxylation is 1. The van der Waals surface area contributed by atoms with Gasteiger partial charge in [0.05, 0.1) is 0 Å². The van der Waals surface area contributed by atoms with Crippen LogP contribution in [0.15, 0.2) is 24.3 Å². The predicted octanol–water partition coefficient (Wildman–Crippen LogP) is 1.99. The van der Waals surface area contributed by atoms with Crippen molar-refractivity contribution < 1.29 is 14.7 Å². The lowest BCUT2D eigenvalue weighted by molar-refractivity contribution is 0.0690. The molecule has 1 aromatic heterocycles. The summed E-state index contributed by atoms with van der Waals surface area (Å²) >= 11 is 1.23. The molecule has 0 fully saturated rings. The van der Waals surface area contributed by atoms with Crippen molar-refractivity contribution in [3.8, 4) is 0 Å². The lowest BCUT2D eigenvalue weighted by Crippen LogP contribution is -2.10. The van der Waals surface area contributed by atoms with Crippen LogP contribution in [0.2, 0.25) is 0 Å². The molecular weight excluding hydrogens is 266 g/mol. The van der Waals surface area contributed by atoms with Crippen molar-refractivity contribution >= 4 is 34.0 Å². The number of carbonyl (C=O) groups is 2. The van der Waals surface area contributed by atoms with E-state index in [4.69, 9.17) is 10.8 Å². The number of aromatic nitrogens is 1. The van der Waals surface area contributed by atoms with Gasteiger partial charge >= 0.3 is 5.97 Å². The van der Waals surface area contributed by atoms with Gasteiger partial charge in [-0.15, -0.1) is 11.3 Å². The molecule has 1 amide bonds. The molecule has 0 aliphatic rings. The molecule has 0 bridgehead atoms. The molecule has 0 aliphatic heterocycles. The SMILES string of the molecule is Cc1sc(Nc2cccc(C(N)=O)c2)nc1C(=O)O. The van der Waals surface area contributed by atoms with Gasteiger partial charge < -0.3 is 16.2 Å². The van der Waals surface area contributed by atoms with Crippen molar-refractivity contribution in [2.45, 2.75) is 6.92 Å². The number of carboxylic acids is 1. The zero-order valence-electron chi connectivity index (χ0n) is 10.0. The first kappa shape index (κ1) is 13.0. The standard InChI is InChI=1S/C12H11N3O3S/c1-6-9(11(17)18)15-12(19-6)14-8-4-2-3-7(5-8)10(13)16/h2-5H,1H3,(H2,13,16)(H,14,15)(H,17,18). The number of aromatic carboxylic acids is 1. The Hall–Kier alpha value is -2.41. The number of nitrogens with zero attached hydrogens (tertiary/aromatic N) is 1. The number of anilines is 2. The molecule has 6 nitrogen and oxygen atoms in total. The predicted molar refractivity (Wildman–Crippen MR) is 72.1 cm³/mol. The lowest BCUT2D eigenvalue weighted by Gasteiger charge is -2.03. The number of nitrogens with one attached hydrogen (secondary N) is 1. The number of thiazole rings is 1. The average molecular weight is 277 g/mol. The second kappa shape index (κ2) is 5.07. The minimum Gasteiger partial charge on any atom is -0.476 e. The molecule has 0 aliphatic carbocycles. The number of nitrogens with two attached hydrogens (primary N) is 1. The summed E-state index contributed by atoms with van der Waals surface area (Å²) in [5.41, 5.74) is 6.21. The third kappa shape index (κ3) is 2.89. The van der Waals surface area contributed by atoms with Crippen LogP contribution in [0.4, 0.5) is 10.8 Å². The lowest BCUT2D eigenvalue weighted by atomic mass is 10.2. The van der Waals surface area contributed by atoms with E-state index in [0.29, 0.717) is 21.3 Å². The summed E-state index contributed by atoms with van der Waals surface area (Å²) in [5.74, 6) is -1.59. The van der Waals surface area contributed by atoms with E-state index < -0.39 is 11.9 Å². The highest BCUT2D eigenvalue weighted by atomic mass is 32.1. The van der Waals surface area contributed by atoms with E-state index in [1.807, 2.05) is 0 Å². The minimum absolute atomic E-state index is 0.0264. The number of benzene rings is 1. The maximum Gasteiger partial charge on any atom is 0.355 e. The Morgan fingerprint density at radius 3 is 2.74 bits per heavy atom. The second-order valence-electron chi connectivity index (χ2n) is 3.80. The van der Waals surface area contributed by atoms with Crippen molar-refractivity contribution in [2.75, 3.05) is 5.32 Å². The fraction of sp³-hybridized carbons (Fsp3) is 0.0833. The molecule has 2 aromatic rings. The van der Waals surface area contributed by atoms with Gasteiger partial charge in [-0.1, -0.05) is 6.07 Å². The molecule has 0 saturated heterocycles. The number of rotatable bonds is 4. The number of carboxylic acid groups (broad SMARTS) is 1. The zero-order chi connectivity index (χ0) is 14.0. The van der Waals surface area contributed by atoms with Gasteiger partial charge in [0.25, 0.3) is 0 Å². The molecule has 7 heteroatoms. The van der Waals surface area contributed by atoms with E-state index in [2.05, 4.69) is 10.3 Å². The van der Waals surface area contributed by atoms with Crippen molar-refractivity contribution in [3.63, 3.8) is 0 Å². The van der Waals surface area contributed by atoms with Crippen LogP contribution >= 0.6 is 11.3 Å². The van der Waals surface area contributed by atoms with Gasteiger partial charge in [-0.25, -0.2) is 9.78 Å². The first-order chi connectivity index (χ1) is 8.97. The smallest absolute Gasteiger partial charge is 0.355 e. The van der Waals surface area contributed by atoms with Gasteiger partial charge in [0, 0.05) is 16.1 Å².